The molecule has 9 nitrogen and oxygen atoms in total. The highest BCUT2D eigenvalue weighted by molar-refractivity contribution is 5.93. The van der Waals surface area contributed by atoms with Gasteiger partial charge >= 0.3 is 5.97 Å². The summed E-state index contributed by atoms with van der Waals surface area (Å²) >= 11 is 0. The van der Waals surface area contributed by atoms with Gasteiger partial charge in [-0.3, -0.25) is 0 Å². The summed E-state index contributed by atoms with van der Waals surface area (Å²) in [5.41, 5.74) is 5.69. The molecule has 1 heterocycles. The highest BCUT2D eigenvalue weighted by Gasteiger charge is 2.46. The summed E-state index contributed by atoms with van der Waals surface area (Å²) in [5.74, 6) is -1.16. The Hall–Kier alpha value is -1.91. The normalized spacial score (nSPS) is 30.9. The molecule has 1 aromatic rings. The fourth-order valence-corrected chi connectivity index (χ4v) is 2.42. The van der Waals surface area contributed by atoms with Crippen molar-refractivity contribution in [3.05, 3.63) is 23.8 Å². The number of benzene rings is 1. The molecule has 23 heavy (non-hydrogen) atoms. The molecule has 0 aliphatic carbocycles. The van der Waals surface area contributed by atoms with E-state index in [-0.39, 0.29) is 17.0 Å². The number of carbonyl (C=O) groups is 1. The number of aromatic hydroxyl groups is 1. The van der Waals surface area contributed by atoms with Gasteiger partial charge in [0.2, 0.25) is 6.29 Å². The molecule has 1 aliphatic rings. The number of aliphatic hydroxyl groups is 3. The lowest BCUT2D eigenvalue weighted by molar-refractivity contribution is -0.694. The first-order chi connectivity index (χ1) is 10.8. The monoisotopic (exact) mass is 329 g/mol. The maximum absolute atomic E-state index is 11.9. The van der Waals surface area contributed by atoms with Crippen LogP contribution in [0.5, 0.6) is 5.75 Å². The van der Waals surface area contributed by atoms with Crippen molar-refractivity contribution in [1.29, 1.82) is 0 Å². The molecule has 0 bridgehead atoms. The lowest BCUT2D eigenvalue weighted by atomic mass is 9.97. The molecule has 0 spiro atoms. The zero-order valence-corrected chi connectivity index (χ0v) is 12.5. The quantitative estimate of drug-likeness (QED) is 0.195. The molecule has 0 amide bonds. The topological polar surface area (TPSA) is 159 Å². The standard InChI is InChI=1S/C14H20N2O7/c1-16-10-12(19)11(18)9(23-14(10)21)5-22-13(20)7-4-6(15)2-3-8(7)17/h2-4,9-12,14,16-19,21H,5,15H2,1H3/p+1. The van der Waals surface area contributed by atoms with Gasteiger partial charge in [-0.1, -0.05) is 0 Å². The number of nitrogen functional groups attached to an aromatic ring is 1. The summed E-state index contributed by atoms with van der Waals surface area (Å²) in [7, 11) is 1.62. The zero-order valence-electron chi connectivity index (χ0n) is 12.5. The molecule has 1 saturated heterocycles. The average molecular weight is 329 g/mol. The van der Waals surface area contributed by atoms with E-state index in [1.54, 1.807) is 7.05 Å². The van der Waals surface area contributed by atoms with Gasteiger partial charge < -0.3 is 41.0 Å². The van der Waals surface area contributed by atoms with Crippen LogP contribution in [0.25, 0.3) is 0 Å². The van der Waals surface area contributed by atoms with Crippen molar-refractivity contribution in [3.8, 4) is 5.75 Å². The molecule has 0 radical (unpaired) electrons. The lowest BCUT2D eigenvalue weighted by Crippen LogP contribution is -2.94. The van der Waals surface area contributed by atoms with E-state index >= 15 is 0 Å². The number of likely N-dealkylation sites (N-methyl/N-ethyl adjacent to an activating group) is 1. The first-order valence-electron chi connectivity index (χ1n) is 7.10. The number of ether oxygens (including phenoxy) is 2. The molecule has 1 aromatic carbocycles. The lowest BCUT2D eigenvalue weighted by Gasteiger charge is -2.38. The third kappa shape index (κ3) is 3.71. The second kappa shape index (κ2) is 7.11. The van der Waals surface area contributed by atoms with Crippen LogP contribution in [0.4, 0.5) is 5.69 Å². The number of anilines is 1. The molecule has 0 saturated carbocycles. The Labute approximate surface area is 132 Å². The van der Waals surface area contributed by atoms with E-state index in [1.165, 1.54) is 23.5 Å². The molecular weight excluding hydrogens is 308 g/mol. The number of quaternary nitrogens is 1. The van der Waals surface area contributed by atoms with E-state index in [9.17, 15) is 25.2 Å². The average Bonchev–Trinajstić information content (AvgIpc) is 2.52. The van der Waals surface area contributed by atoms with Gasteiger partial charge in [0.05, 0.1) is 7.05 Å². The molecule has 9 heteroatoms. The van der Waals surface area contributed by atoms with E-state index in [0.717, 1.165) is 0 Å². The first kappa shape index (κ1) is 17.4. The largest absolute Gasteiger partial charge is 0.507 e. The SMILES string of the molecule is C[NH2+]C1C(O)OC(COC(=O)c2cc(N)ccc2O)C(O)C1O. The molecule has 8 N–H and O–H groups in total. The number of nitrogens with two attached hydrogens (primary N) is 2. The second-order valence-corrected chi connectivity index (χ2v) is 5.33. The summed E-state index contributed by atoms with van der Waals surface area (Å²) in [6.45, 7) is -0.404. The highest BCUT2D eigenvalue weighted by atomic mass is 16.6. The van der Waals surface area contributed by atoms with Crippen molar-refractivity contribution in [2.75, 3.05) is 19.4 Å². The number of aliphatic hydroxyl groups excluding tert-OH is 3. The fourth-order valence-electron chi connectivity index (χ4n) is 2.42. The summed E-state index contributed by atoms with van der Waals surface area (Å²) < 4.78 is 10.1. The van der Waals surface area contributed by atoms with Gasteiger partial charge in [0.15, 0.2) is 6.04 Å². The van der Waals surface area contributed by atoms with Crippen molar-refractivity contribution < 1.29 is 40.0 Å². The van der Waals surface area contributed by atoms with Crippen LogP contribution in [0.1, 0.15) is 10.4 Å². The van der Waals surface area contributed by atoms with Crippen LogP contribution in [-0.4, -0.2) is 70.7 Å². The molecule has 5 atom stereocenters. The van der Waals surface area contributed by atoms with Gasteiger partial charge in [0.1, 0.15) is 36.2 Å². The molecule has 2 rings (SSSR count). The predicted octanol–water partition coefficient (Wildman–Crippen LogP) is -2.87. The Balaban J connectivity index is 2.00. The summed E-state index contributed by atoms with van der Waals surface area (Å²) in [5, 5.41) is 40.8. The molecule has 128 valence electrons. The highest BCUT2D eigenvalue weighted by Crippen LogP contribution is 2.22. The van der Waals surface area contributed by atoms with Crippen molar-refractivity contribution in [1.82, 2.24) is 0 Å². The minimum atomic E-state index is -1.33. The third-order valence-corrected chi connectivity index (χ3v) is 3.77. The van der Waals surface area contributed by atoms with Crippen molar-refractivity contribution >= 4 is 11.7 Å². The zero-order chi connectivity index (χ0) is 17.1. The Morgan fingerprint density at radius 1 is 1.35 bits per heavy atom. The van der Waals surface area contributed by atoms with Gasteiger partial charge in [0.25, 0.3) is 0 Å². The minimum absolute atomic E-state index is 0.129. The predicted molar refractivity (Wildman–Crippen MR) is 77.3 cm³/mol. The maximum Gasteiger partial charge on any atom is 0.342 e. The fraction of sp³-hybridized carbons (Fsp3) is 0.500. The number of hydrogen-bond donors (Lipinski definition) is 6. The third-order valence-electron chi connectivity index (χ3n) is 3.77. The Morgan fingerprint density at radius 3 is 2.70 bits per heavy atom. The van der Waals surface area contributed by atoms with Gasteiger partial charge in [-0.25, -0.2) is 4.79 Å². The van der Waals surface area contributed by atoms with E-state index < -0.39 is 43.2 Å². The Morgan fingerprint density at radius 2 is 2.04 bits per heavy atom. The number of hydrogen-bond acceptors (Lipinski definition) is 8. The van der Waals surface area contributed by atoms with E-state index in [2.05, 4.69) is 0 Å². The van der Waals surface area contributed by atoms with E-state index in [0.29, 0.717) is 0 Å². The summed E-state index contributed by atoms with van der Waals surface area (Å²) in [6, 6.07) is 3.19. The maximum atomic E-state index is 11.9. The van der Waals surface area contributed by atoms with Crippen LogP contribution in [0.3, 0.4) is 0 Å². The van der Waals surface area contributed by atoms with Crippen LogP contribution in [0.2, 0.25) is 0 Å². The number of phenolic OH excluding ortho intramolecular Hbond substituents is 1. The Kier molecular flexibility index (Phi) is 5.39. The number of carbonyl (C=O) groups excluding carboxylic acids is 1. The summed E-state index contributed by atoms with van der Waals surface area (Å²) in [6.07, 6.45) is -4.98. The van der Waals surface area contributed by atoms with E-state index in [1.807, 2.05) is 0 Å². The number of rotatable bonds is 4. The van der Waals surface area contributed by atoms with Crippen LogP contribution in [0, 0.1) is 0 Å². The number of esters is 1. The Bertz CT molecular complexity index is 568. The van der Waals surface area contributed by atoms with Crippen LogP contribution in [-0.2, 0) is 9.47 Å². The molecule has 5 unspecified atom stereocenters. The second-order valence-electron chi connectivity index (χ2n) is 5.33. The van der Waals surface area contributed by atoms with E-state index in [4.69, 9.17) is 15.2 Å². The van der Waals surface area contributed by atoms with Crippen LogP contribution >= 0.6 is 0 Å². The molecule has 1 fully saturated rings. The van der Waals surface area contributed by atoms with Gasteiger partial charge in [-0.2, -0.15) is 0 Å². The van der Waals surface area contributed by atoms with Gasteiger partial charge in [-0.05, 0) is 18.2 Å². The smallest absolute Gasteiger partial charge is 0.342 e. The van der Waals surface area contributed by atoms with Crippen LogP contribution in [0.15, 0.2) is 18.2 Å². The number of phenols is 1. The van der Waals surface area contributed by atoms with Crippen molar-refractivity contribution in [2.45, 2.75) is 30.6 Å². The van der Waals surface area contributed by atoms with Crippen molar-refractivity contribution in [2.24, 2.45) is 0 Å². The molecule has 1 aliphatic heterocycles. The van der Waals surface area contributed by atoms with Gasteiger partial charge in [0, 0.05) is 5.69 Å². The summed E-state index contributed by atoms with van der Waals surface area (Å²) in [4.78, 5) is 11.9. The van der Waals surface area contributed by atoms with Gasteiger partial charge in [-0.15, -0.1) is 0 Å². The van der Waals surface area contributed by atoms with Crippen molar-refractivity contribution in [3.63, 3.8) is 0 Å². The minimum Gasteiger partial charge on any atom is -0.507 e. The first-order valence-corrected chi connectivity index (χ1v) is 7.10. The molecule has 0 aromatic heterocycles. The van der Waals surface area contributed by atoms with Crippen LogP contribution < -0.4 is 11.1 Å². The molecular formula is C14H21N2O7+.